The van der Waals surface area contributed by atoms with Crippen molar-refractivity contribution in [2.24, 2.45) is 5.41 Å². The molecule has 0 amide bonds. The second-order valence-electron chi connectivity index (χ2n) is 7.77. The maximum Gasteiger partial charge on any atom is 0.0331 e. The molecule has 1 aliphatic rings. The zero-order valence-electron chi connectivity index (χ0n) is 14.8. The summed E-state index contributed by atoms with van der Waals surface area (Å²) in [5.41, 5.74) is 3.05. The maximum atomic E-state index is 4.35. The summed E-state index contributed by atoms with van der Waals surface area (Å²) in [6.07, 6.45) is 2.29. The Morgan fingerprint density at radius 3 is 2.45 bits per heavy atom. The van der Waals surface area contributed by atoms with Crippen LogP contribution >= 0.6 is 0 Å². The molecule has 0 saturated carbocycles. The number of hydrogen-bond donors (Lipinski definition) is 0. The van der Waals surface area contributed by atoms with Gasteiger partial charge in [-0.1, -0.05) is 64.6 Å². The Balaban J connectivity index is 1.95. The normalized spacial score (nSPS) is 20.2. The van der Waals surface area contributed by atoms with Crippen LogP contribution < -0.4 is 0 Å². The van der Waals surface area contributed by atoms with Crippen molar-refractivity contribution in [3.05, 3.63) is 48.2 Å². The van der Waals surface area contributed by atoms with Gasteiger partial charge in [-0.2, -0.15) is 0 Å². The second-order valence-corrected chi connectivity index (χ2v) is 7.77. The van der Waals surface area contributed by atoms with Gasteiger partial charge in [0.1, 0.15) is 0 Å². The van der Waals surface area contributed by atoms with Gasteiger partial charge in [0, 0.05) is 37.9 Å². The van der Waals surface area contributed by atoms with E-state index in [1.807, 2.05) is 0 Å². The van der Waals surface area contributed by atoms with E-state index >= 15 is 0 Å². The minimum Gasteiger partial charge on any atom is -0.372 e. The molecular formula is C20H32N2. The molecule has 1 heterocycles. The van der Waals surface area contributed by atoms with Crippen molar-refractivity contribution in [3.8, 4) is 0 Å². The second kappa shape index (κ2) is 7.32. The topological polar surface area (TPSA) is 6.48 Å². The van der Waals surface area contributed by atoms with E-state index in [9.17, 15) is 0 Å². The highest BCUT2D eigenvalue weighted by molar-refractivity contribution is 5.15. The molecule has 0 radical (unpaired) electrons. The van der Waals surface area contributed by atoms with Crippen LogP contribution in [0.25, 0.3) is 0 Å². The third-order valence-electron chi connectivity index (χ3n) is 4.49. The Kier molecular flexibility index (Phi) is 5.69. The van der Waals surface area contributed by atoms with Crippen LogP contribution in [0.3, 0.4) is 0 Å². The van der Waals surface area contributed by atoms with Crippen LogP contribution in [0.2, 0.25) is 0 Å². The smallest absolute Gasteiger partial charge is 0.0331 e. The van der Waals surface area contributed by atoms with Gasteiger partial charge in [-0.3, -0.25) is 4.90 Å². The maximum absolute atomic E-state index is 4.35. The summed E-state index contributed by atoms with van der Waals surface area (Å²) >= 11 is 0. The number of piperazine rings is 1. The molecule has 1 aromatic carbocycles. The highest BCUT2D eigenvalue weighted by atomic mass is 15.3. The van der Waals surface area contributed by atoms with E-state index in [-0.39, 0.29) is 0 Å². The fourth-order valence-electron chi connectivity index (χ4n) is 3.32. The van der Waals surface area contributed by atoms with E-state index in [1.165, 1.54) is 17.7 Å². The van der Waals surface area contributed by atoms with Crippen LogP contribution in [0, 0.1) is 5.41 Å². The number of hydrogen-bond acceptors (Lipinski definition) is 2. The molecule has 2 heteroatoms. The summed E-state index contributed by atoms with van der Waals surface area (Å²) in [5.74, 6) is 0. The molecule has 1 atom stereocenters. The van der Waals surface area contributed by atoms with Crippen LogP contribution in [0.4, 0.5) is 0 Å². The lowest BCUT2D eigenvalue weighted by Gasteiger charge is -2.44. The van der Waals surface area contributed by atoms with Gasteiger partial charge < -0.3 is 4.90 Å². The molecule has 0 spiro atoms. The van der Waals surface area contributed by atoms with Crippen LogP contribution in [-0.2, 0) is 6.54 Å². The van der Waals surface area contributed by atoms with Gasteiger partial charge in [0.25, 0.3) is 0 Å². The van der Waals surface area contributed by atoms with Crippen LogP contribution in [0.15, 0.2) is 42.6 Å². The number of allylic oxidation sites excluding steroid dienone is 1. The van der Waals surface area contributed by atoms with Crippen LogP contribution in [-0.4, -0.2) is 35.5 Å². The van der Waals surface area contributed by atoms with E-state index in [2.05, 4.69) is 74.4 Å². The van der Waals surface area contributed by atoms with Crippen molar-refractivity contribution in [2.75, 3.05) is 19.6 Å². The molecule has 1 fully saturated rings. The standard InChI is InChI=1S/C20H32N2/c1-6-19-16-21(17(2)14-20(3,4)5)12-13-22(19)15-18-10-8-7-9-11-18/h7-11,19H,2,6,12-16H2,1,3-5H3. The van der Waals surface area contributed by atoms with E-state index in [4.69, 9.17) is 0 Å². The molecule has 2 rings (SSSR count). The summed E-state index contributed by atoms with van der Waals surface area (Å²) < 4.78 is 0. The van der Waals surface area contributed by atoms with E-state index in [0.29, 0.717) is 11.5 Å². The Morgan fingerprint density at radius 2 is 1.86 bits per heavy atom. The zero-order valence-corrected chi connectivity index (χ0v) is 14.8. The average molecular weight is 300 g/mol. The molecule has 1 aliphatic heterocycles. The Morgan fingerprint density at radius 1 is 1.18 bits per heavy atom. The number of benzene rings is 1. The van der Waals surface area contributed by atoms with Gasteiger partial charge in [-0.25, -0.2) is 0 Å². The molecule has 22 heavy (non-hydrogen) atoms. The molecule has 122 valence electrons. The van der Waals surface area contributed by atoms with Crippen LogP contribution in [0.5, 0.6) is 0 Å². The van der Waals surface area contributed by atoms with E-state index < -0.39 is 0 Å². The Bertz CT molecular complexity index is 472. The fourth-order valence-corrected chi connectivity index (χ4v) is 3.32. The highest BCUT2D eigenvalue weighted by Gasteiger charge is 2.27. The molecule has 0 bridgehead atoms. The third-order valence-corrected chi connectivity index (χ3v) is 4.49. The molecule has 0 aliphatic carbocycles. The Labute approximate surface area is 136 Å². The van der Waals surface area contributed by atoms with Gasteiger partial charge in [0.2, 0.25) is 0 Å². The zero-order chi connectivity index (χ0) is 16.2. The first-order valence-corrected chi connectivity index (χ1v) is 8.60. The largest absolute Gasteiger partial charge is 0.372 e. The summed E-state index contributed by atoms with van der Waals surface area (Å²) in [7, 11) is 0. The van der Waals surface area contributed by atoms with Gasteiger partial charge in [0.15, 0.2) is 0 Å². The number of nitrogens with zero attached hydrogens (tertiary/aromatic N) is 2. The predicted molar refractivity (Wildman–Crippen MR) is 95.7 cm³/mol. The first kappa shape index (κ1) is 17.1. The average Bonchev–Trinajstić information content (AvgIpc) is 2.47. The van der Waals surface area contributed by atoms with E-state index in [1.54, 1.807) is 0 Å². The van der Waals surface area contributed by atoms with Gasteiger partial charge in [-0.15, -0.1) is 0 Å². The summed E-state index contributed by atoms with van der Waals surface area (Å²) in [4.78, 5) is 5.15. The lowest BCUT2D eigenvalue weighted by Crippen LogP contribution is -2.52. The van der Waals surface area contributed by atoms with Crippen molar-refractivity contribution in [1.29, 1.82) is 0 Å². The van der Waals surface area contributed by atoms with Crippen molar-refractivity contribution in [1.82, 2.24) is 9.80 Å². The third kappa shape index (κ3) is 4.88. The van der Waals surface area contributed by atoms with Crippen molar-refractivity contribution in [3.63, 3.8) is 0 Å². The van der Waals surface area contributed by atoms with Gasteiger partial charge >= 0.3 is 0 Å². The molecule has 1 unspecified atom stereocenters. The summed E-state index contributed by atoms with van der Waals surface area (Å²) in [6, 6.07) is 11.5. The first-order chi connectivity index (χ1) is 10.4. The Hall–Kier alpha value is -1.28. The van der Waals surface area contributed by atoms with Gasteiger partial charge in [-0.05, 0) is 23.8 Å². The molecule has 1 aromatic rings. The van der Waals surface area contributed by atoms with Crippen LogP contribution in [0.1, 0.15) is 46.1 Å². The lowest BCUT2D eigenvalue weighted by molar-refractivity contribution is 0.0803. The molecule has 0 aromatic heterocycles. The quantitative estimate of drug-likeness (QED) is 0.788. The predicted octanol–water partition coefficient (Wildman–Crippen LogP) is 4.53. The minimum absolute atomic E-state index is 0.319. The van der Waals surface area contributed by atoms with Gasteiger partial charge in [0.05, 0.1) is 0 Å². The lowest BCUT2D eigenvalue weighted by atomic mass is 9.90. The number of rotatable bonds is 5. The first-order valence-electron chi connectivity index (χ1n) is 8.60. The fraction of sp³-hybridized carbons (Fsp3) is 0.600. The van der Waals surface area contributed by atoms with Crippen molar-refractivity contribution in [2.45, 2.75) is 53.1 Å². The highest BCUT2D eigenvalue weighted by Crippen LogP contribution is 2.27. The SMILES string of the molecule is C=C(CC(C)(C)C)N1CCN(Cc2ccccc2)C(CC)C1. The summed E-state index contributed by atoms with van der Waals surface area (Å²) in [5, 5.41) is 0. The minimum atomic E-state index is 0.319. The van der Waals surface area contributed by atoms with Crippen molar-refractivity contribution >= 4 is 0 Å². The monoisotopic (exact) mass is 300 g/mol. The van der Waals surface area contributed by atoms with E-state index in [0.717, 1.165) is 32.6 Å². The molecule has 1 saturated heterocycles. The molecular weight excluding hydrogens is 268 g/mol. The van der Waals surface area contributed by atoms with Crippen molar-refractivity contribution < 1.29 is 0 Å². The molecule has 0 N–H and O–H groups in total. The molecule has 2 nitrogen and oxygen atoms in total. The summed E-state index contributed by atoms with van der Waals surface area (Å²) in [6.45, 7) is 18.0.